The normalized spacial score (nSPS) is 18.1. The van der Waals surface area contributed by atoms with E-state index in [2.05, 4.69) is 49.3 Å². The van der Waals surface area contributed by atoms with Crippen LogP contribution in [0.15, 0.2) is 42.7 Å². The molecule has 20 heavy (non-hydrogen) atoms. The SMILES string of the molecule is Clc1ccc2c(c1)C(NCc1cc(Br)c(Br)o1)CCS2. The summed E-state index contributed by atoms with van der Waals surface area (Å²) in [6.07, 6.45) is 1.10. The fourth-order valence-corrected chi connectivity index (χ4v) is 4.22. The number of thioether (sulfide) groups is 1. The van der Waals surface area contributed by atoms with E-state index in [1.807, 2.05) is 23.9 Å². The third-order valence-corrected chi connectivity index (χ3v) is 6.30. The Kier molecular flexibility index (Phi) is 4.82. The number of hydrogen-bond donors (Lipinski definition) is 1. The number of halogens is 3. The van der Waals surface area contributed by atoms with Crippen molar-refractivity contribution in [3.8, 4) is 0 Å². The van der Waals surface area contributed by atoms with E-state index in [1.54, 1.807) is 0 Å². The van der Waals surface area contributed by atoms with Crippen LogP contribution in [-0.2, 0) is 6.54 Å². The summed E-state index contributed by atoms with van der Waals surface area (Å²) in [5, 5.41) is 4.35. The third-order valence-electron chi connectivity index (χ3n) is 3.23. The topological polar surface area (TPSA) is 25.2 Å². The van der Waals surface area contributed by atoms with Gasteiger partial charge in [-0.15, -0.1) is 11.8 Å². The third kappa shape index (κ3) is 3.28. The van der Waals surface area contributed by atoms with Crippen molar-refractivity contribution in [1.29, 1.82) is 0 Å². The van der Waals surface area contributed by atoms with E-state index in [1.165, 1.54) is 10.5 Å². The lowest BCUT2D eigenvalue weighted by atomic mass is 10.0. The first-order chi connectivity index (χ1) is 9.63. The van der Waals surface area contributed by atoms with Crippen molar-refractivity contribution >= 4 is 55.2 Å². The molecule has 1 aliphatic heterocycles. The van der Waals surface area contributed by atoms with E-state index in [0.29, 0.717) is 12.6 Å². The van der Waals surface area contributed by atoms with Gasteiger partial charge in [0.1, 0.15) is 5.76 Å². The van der Waals surface area contributed by atoms with E-state index in [4.69, 9.17) is 16.0 Å². The van der Waals surface area contributed by atoms with Gasteiger partial charge in [0, 0.05) is 16.0 Å². The van der Waals surface area contributed by atoms with E-state index in [0.717, 1.165) is 32.1 Å². The first-order valence-electron chi connectivity index (χ1n) is 6.23. The minimum absolute atomic E-state index is 0.326. The van der Waals surface area contributed by atoms with Crippen LogP contribution < -0.4 is 5.32 Å². The Morgan fingerprint density at radius 2 is 2.20 bits per heavy atom. The van der Waals surface area contributed by atoms with Gasteiger partial charge in [-0.3, -0.25) is 0 Å². The second-order valence-corrected chi connectivity index (χ2v) is 7.73. The lowest BCUT2D eigenvalue weighted by Crippen LogP contribution is -2.24. The summed E-state index contributed by atoms with van der Waals surface area (Å²) >= 11 is 14.8. The summed E-state index contributed by atoms with van der Waals surface area (Å²) in [4.78, 5) is 1.32. The van der Waals surface area contributed by atoms with Crippen molar-refractivity contribution in [3.63, 3.8) is 0 Å². The van der Waals surface area contributed by atoms with Crippen LogP contribution in [0.4, 0.5) is 0 Å². The molecule has 0 spiro atoms. The fourth-order valence-electron chi connectivity index (χ4n) is 2.28. The van der Waals surface area contributed by atoms with Crippen molar-refractivity contribution in [2.45, 2.75) is 23.9 Å². The van der Waals surface area contributed by atoms with Gasteiger partial charge in [0.05, 0.1) is 11.0 Å². The maximum Gasteiger partial charge on any atom is 0.183 e. The predicted octanol–water partition coefficient (Wildman–Crippen LogP) is 5.78. The number of furan rings is 1. The first kappa shape index (κ1) is 15.0. The first-order valence-corrected chi connectivity index (χ1v) is 9.18. The zero-order chi connectivity index (χ0) is 14.1. The quantitative estimate of drug-likeness (QED) is 0.658. The average molecular weight is 438 g/mol. The molecule has 1 aromatic heterocycles. The Bertz CT molecular complexity index is 612. The molecule has 0 saturated carbocycles. The molecule has 2 heterocycles. The van der Waals surface area contributed by atoms with Gasteiger partial charge in [-0.1, -0.05) is 11.6 Å². The van der Waals surface area contributed by atoms with E-state index >= 15 is 0 Å². The Morgan fingerprint density at radius 1 is 1.35 bits per heavy atom. The van der Waals surface area contributed by atoms with Crippen molar-refractivity contribution in [2.75, 3.05) is 5.75 Å². The summed E-state index contributed by atoms with van der Waals surface area (Å²) in [6.45, 7) is 0.700. The maximum atomic E-state index is 6.12. The van der Waals surface area contributed by atoms with Gasteiger partial charge < -0.3 is 9.73 Å². The molecule has 0 bridgehead atoms. The molecule has 106 valence electrons. The van der Waals surface area contributed by atoms with Crippen LogP contribution in [0.5, 0.6) is 0 Å². The highest BCUT2D eigenvalue weighted by molar-refractivity contribution is 9.13. The molecule has 1 aliphatic rings. The molecular weight excluding hydrogens is 425 g/mol. The van der Waals surface area contributed by atoms with Gasteiger partial charge in [-0.25, -0.2) is 0 Å². The van der Waals surface area contributed by atoms with Gasteiger partial charge in [0.2, 0.25) is 0 Å². The second-order valence-electron chi connectivity index (χ2n) is 4.59. The van der Waals surface area contributed by atoms with Crippen LogP contribution in [0.2, 0.25) is 5.02 Å². The summed E-state index contributed by atoms with van der Waals surface area (Å²) in [5.74, 6) is 2.03. The molecule has 0 aliphatic carbocycles. The molecule has 0 amide bonds. The van der Waals surface area contributed by atoms with E-state index in [9.17, 15) is 0 Å². The number of benzene rings is 1. The monoisotopic (exact) mass is 435 g/mol. The lowest BCUT2D eigenvalue weighted by Gasteiger charge is -2.26. The molecule has 0 fully saturated rings. The van der Waals surface area contributed by atoms with Crippen molar-refractivity contribution in [2.24, 2.45) is 0 Å². The smallest absolute Gasteiger partial charge is 0.183 e. The molecule has 2 aromatic rings. The van der Waals surface area contributed by atoms with Gasteiger partial charge in [-0.05, 0) is 73.9 Å². The van der Waals surface area contributed by atoms with Crippen LogP contribution >= 0.6 is 55.2 Å². The van der Waals surface area contributed by atoms with Crippen LogP contribution in [0.1, 0.15) is 23.8 Å². The molecule has 1 N–H and O–H groups in total. The van der Waals surface area contributed by atoms with Crippen molar-refractivity contribution in [3.05, 3.63) is 49.8 Å². The summed E-state index contributed by atoms with van der Waals surface area (Å²) < 4.78 is 7.27. The van der Waals surface area contributed by atoms with Crippen LogP contribution in [-0.4, -0.2) is 5.75 Å². The van der Waals surface area contributed by atoms with Crippen LogP contribution in [0, 0.1) is 0 Å². The van der Waals surface area contributed by atoms with Gasteiger partial charge in [0.25, 0.3) is 0 Å². The fraction of sp³-hybridized carbons (Fsp3) is 0.286. The van der Waals surface area contributed by atoms with Gasteiger partial charge >= 0.3 is 0 Å². The van der Waals surface area contributed by atoms with Crippen molar-refractivity contribution in [1.82, 2.24) is 5.32 Å². The molecule has 3 rings (SSSR count). The zero-order valence-electron chi connectivity index (χ0n) is 10.5. The highest BCUT2D eigenvalue weighted by Crippen LogP contribution is 2.37. The van der Waals surface area contributed by atoms with Crippen LogP contribution in [0.3, 0.4) is 0 Å². The molecule has 0 radical (unpaired) electrons. The second kappa shape index (κ2) is 6.44. The van der Waals surface area contributed by atoms with Crippen LogP contribution in [0.25, 0.3) is 0 Å². The van der Waals surface area contributed by atoms with E-state index < -0.39 is 0 Å². The predicted molar refractivity (Wildman–Crippen MR) is 90.5 cm³/mol. The highest BCUT2D eigenvalue weighted by atomic mass is 79.9. The molecular formula is C14H12Br2ClNOS. The molecule has 6 heteroatoms. The molecule has 1 atom stereocenters. The molecule has 1 unspecified atom stereocenters. The maximum absolute atomic E-state index is 6.12. The number of fused-ring (bicyclic) bond motifs is 1. The molecule has 1 aromatic carbocycles. The zero-order valence-corrected chi connectivity index (χ0v) is 15.2. The number of hydrogen-bond acceptors (Lipinski definition) is 3. The standard InChI is InChI=1S/C14H12Br2ClNOS/c15-11-6-9(19-14(11)16)7-18-12-3-4-20-13-2-1-8(17)5-10(12)13/h1-2,5-6,12,18H,3-4,7H2. The van der Waals surface area contributed by atoms with Gasteiger partial charge in [0.15, 0.2) is 4.67 Å². The highest BCUT2D eigenvalue weighted by Gasteiger charge is 2.21. The van der Waals surface area contributed by atoms with E-state index in [-0.39, 0.29) is 0 Å². The average Bonchev–Trinajstić information content (AvgIpc) is 2.75. The molecule has 0 saturated heterocycles. The Labute approximate surface area is 143 Å². The summed E-state index contributed by atoms with van der Waals surface area (Å²) in [6, 6.07) is 8.43. The van der Waals surface area contributed by atoms with Gasteiger partial charge in [-0.2, -0.15) is 0 Å². The Hall–Kier alpha value is 0.0600. The summed E-state index contributed by atoms with van der Waals surface area (Å²) in [5.41, 5.74) is 1.29. The lowest BCUT2D eigenvalue weighted by molar-refractivity contribution is 0.429. The Morgan fingerprint density at radius 3 is 2.95 bits per heavy atom. The minimum atomic E-state index is 0.326. The summed E-state index contributed by atoms with van der Waals surface area (Å²) in [7, 11) is 0. The van der Waals surface area contributed by atoms with Crippen molar-refractivity contribution < 1.29 is 4.42 Å². The minimum Gasteiger partial charge on any atom is -0.452 e. The largest absolute Gasteiger partial charge is 0.452 e. The number of nitrogens with one attached hydrogen (secondary N) is 1. The Balaban J connectivity index is 1.74. The molecule has 2 nitrogen and oxygen atoms in total. The number of rotatable bonds is 3.